The summed E-state index contributed by atoms with van der Waals surface area (Å²) in [7, 11) is -0.126. The molecule has 8 rings (SSSR count). The van der Waals surface area contributed by atoms with Crippen molar-refractivity contribution in [1.29, 1.82) is 0 Å². The molecule has 17 heteroatoms. The summed E-state index contributed by atoms with van der Waals surface area (Å²) in [5.41, 5.74) is 10.0. The molecule has 4 aliphatic heterocycles. The van der Waals surface area contributed by atoms with E-state index in [1.54, 1.807) is 31.1 Å². The Kier molecular flexibility index (Phi) is 14.4. The van der Waals surface area contributed by atoms with Crippen LogP contribution in [-0.2, 0) is 53.3 Å². The second-order valence-corrected chi connectivity index (χ2v) is 23.2. The summed E-state index contributed by atoms with van der Waals surface area (Å²) >= 11 is 0. The lowest BCUT2D eigenvalue weighted by Crippen LogP contribution is -2.62. The van der Waals surface area contributed by atoms with Crippen molar-refractivity contribution in [3.05, 3.63) is 71.5 Å². The Bertz CT molecular complexity index is 2730. The number of pyridine rings is 1. The molecule has 6 heterocycles. The summed E-state index contributed by atoms with van der Waals surface area (Å²) in [5.74, 6) is -2.43. The first kappa shape index (κ1) is 50.0. The quantitative estimate of drug-likeness (QED) is 0.132. The number of hydrogen-bond acceptors (Lipinski definition) is 11. The summed E-state index contributed by atoms with van der Waals surface area (Å²) < 4.78 is 36.1. The zero-order chi connectivity index (χ0) is 49.7. The molecule has 3 saturated heterocycles. The first-order valence-electron chi connectivity index (χ1n) is 24.6. The van der Waals surface area contributed by atoms with Gasteiger partial charge in [-0.25, -0.2) is 18.1 Å². The minimum atomic E-state index is -3.48. The van der Waals surface area contributed by atoms with E-state index in [0.717, 1.165) is 44.5 Å². The number of aryl methyl sites for hydroxylation is 1. The van der Waals surface area contributed by atoms with Crippen LogP contribution in [0.5, 0.6) is 5.75 Å². The van der Waals surface area contributed by atoms with E-state index in [9.17, 15) is 32.7 Å². The van der Waals surface area contributed by atoms with Crippen molar-refractivity contribution >= 4 is 44.6 Å². The first-order valence-corrected chi connectivity index (χ1v) is 26.1. The molecule has 16 nitrogen and oxygen atoms in total. The molecular formula is C52H70N8O8S. The van der Waals surface area contributed by atoms with Gasteiger partial charge in [0.2, 0.25) is 21.8 Å². The van der Waals surface area contributed by atoms with Crippen LogP contribution in [0, 0.1) is 17.3 Å². The van der Waals surface area contributed by atoms with Gasteiger partial charge in [0.15, 0.2) is 0 Å². The van der Waals surface area contributed by atoms with E-state index >= 15 is 0 Å². The van der Waals surface area contributed by atoms with Gasteiger partial charge in [-0.1, -0.05) is 53.7 Å². The maximum Gasteiger partial charge on any atom is 0.324 e. The summed E-state index contributed by atoms with van der Waals surface area (Å²) in [6.07, 6.45) is 4.00. The number of nitrogens with zero attached hydrogens (tertiary/aromatic N) is 6. The van der Waals surface area contributed by atoms with Crippen molar-refractivity contribution in [2.24, 2.45) is 17.3 Å². The number of aromatic hydroxyl groups is 1. The number of benzene rings is 2. The van der Waals surface area contributed by atoms with Crippen molar-refractivity contribution in [2.75, 3.05) is 46.9 Å². The topological polar surface area (TPSA) is 186 Å². The van der Waals surface area contributed by atoms with E-state index in [1.807, 2.05) is 38.2 Å². The van der Waals surface area contributed by atoms with E-state index in [4.69, 9.17) is 9.72 Å². The number of carbonyl (C=O) groups excluding carboxylic acids is 4. The Labute approximate surface area is 406 Å². The molecule has 0 aliphatic carbocycles. The number of piperidine rings is 1. The number of rotatable bonds is 10. The minimum Gasteiger partial charge on any atom is -0.508 e. The van der Waals surface area contributed by atoms with Crippen LogP contribution in [0.25, 0.3) is 33.3 Å². The molecule has 4 aliphatic rings. The Balaban J connectivity index is 1.15. The lowest BCUT2D eigenvalue weighted by atomic mass is 9.83. The highest BCUT2D eigenvalue weighted by Gasteiger charge is 2.47. The number of aromatic nitrogens is 2. The normalized spacial score (nSPS) is 23.1. The highest BCUT2D eigenvalue weighted by atomic mass is 32.2. The maximum atomic E-state index is 14.8. The fourth-order valence-electron chi connectivity index (χ4n) is 10.7. The number of carbonyl (C=O) groups is 4. The first-order chi connectivity index (χ1) is 32.7. The zero-order valence-electron chi connectivity index (χ0n) is 41.6. The molecular weight excluding hydrogens is 897 g/mol. The smallest absolute Gasteiger partial charge is 0.324 e. The second-order valence-electron chi connectivity index (χ2n) is 21.1. The average molecular weight is 967 g/mol. The lowest BCUT2D eigenvalue weighted by molar-refractivity contribution is -0.155. The highest BCUT2D eigenvalue weighted by Crippen LogP contribution is 2.42. The molecule has 4 aromatic rings. The van der Waals surface area contributed by atoms with Crippen LogP contribution in [0.2, 0.25) is 0 Å². The SMILES string of the molecule is CCn1c(-c2cccnc2C(C)C)c2c3cc(ccc31)-c1cc(O)cc(c1)C[C@H](NC(=O)[C@H](C(C)C)N(C)C(=O)C1CCN(S(=O)(=O)[C@H]3CN3C)CC1)C(=O)N1CCC[C@H](N1)C(=O)OCC(C)(C)C2. The number of esters is 1. The number of fused-ring (bicyclic) bond motifs is 6. The van der Waals surface area contributed by atoms with Crippen LogP contribution in [0.3, 0.4) is 0 Å². The molecule has 6 bridgehead atoms. The Morgan fingerprint density at radius 3 is 2.41 bits per heavy atom. The van der Waals surface area contributed by atoms with Crippen LogP contribution in [0.15, 0.2) is 54.7 Å². The lowest BCUT2D eigenvalue weighted by Gasteiger charge is -2.38. The number of phenols is 1. The molecule has 5 atom stereocenters. The predicted octanol–water partition coefficient (Wildman–Crippen LogP) is 5.66. The third kappa shape index (κ3) is 10.3. The summed E-state index contributed by atoms with van der Waals surface area (Å²) in [6.45, 7) is 16.3. The summed E-state index contributed by atoms with van der Waals surface area (Å²) in [6, 6.07) is 12.7. The summed E-state index contributed by atoms with van der Waals surface area (Å²) in [4.78, 5) is 65.6. The number of phenolic OH excluding ortho intramolecular Hbond substituents is 1. The molecule has 0 spiro atoms. The average Bonchev–Trinajstić information content (AvgIpc) is 4.00. The van der Waals surface area contributed by atoms with Crippen LogP contribution in [0.1, 0.15) is 96.9 Å². The van der Waals surface area contributed by atoms with Crippen LogP contribution >= 0.6 is 0 Å². The molecule has 69 heavy (non-hydrogen) atoms. The van der Waals surface area contributed by atoms with Crippen LogP contribution < -0.4 is 10.7 Å². The van der Waals surface area contributed by atoms with Crippen LogP contribution in [0.4, 0.5) is 0 Å². The number of cyclic esters (lactones) is 1. The van der Waals surface area contributed by atoms with Gasteiger partial charge in [0.05, 0.1) is 18.0 Å². The fourth-order valence-corrected chi connectivity index (χ4v) is 12.7. The van der Waals surface area contributed by atoms with E-state index in [-0.39, 0.29) is 56.2 Å². The number of nitrogens with one attached hydrogen (secondary N) is 2. The van der Waals surface area contributed by atoms with E-state index < -0.39 is 62.6 Å². The van der Waals surface area contributed by atoms with Gasteiger partial charge >= 0.3 is 5.97 Å². The van der Waals surface area contributed by atoms with Gasteiger partial charge in [-0.3, -0.25) is 34.1 Å². The molecule has 2 aromatic heterocycles. The van der Waals surface area contributed by atoms with E-state index in [1.165, 1.54) is 14.2 Å². The number of hydrazine groups is 1. The third-order valence-corrected chi connectivity index (χ3v) is 16.7. The Hall–Kier alpha value is -5.36. The monoisotopic (exact) mass is 967 g/mol. The van der Waals surface area contributed by atoms with E-state index in [2.05, 4.69) is 68.1 Å². The van der Waals surface area contributed by atoms with Crippen LogP contribution in [-0.4, -0.2) is 136 Å². The van der Waals surface area contributed by atoms with Crippen molar-refractivity contribution in [3.63, 3.8) is 0 Å². The predicted molar refractivity (Wildman–Crippen MR) is 265 cm³/mol. The van der Waals surface area contributed by atoms with Crippen molar-refractivity contribution in [3.8, 4) is 28.1 Å². The standard InChI is InChI=1S/C52H70N8O8S/c1-10-59-43-16-15-35-27-39(43)40(47(59)38-13-11-19-53-45(38)31(2)3)28-52(6,7)30-68-51(65)41-14-12-20-60(55-41)50(64)42(25-33-23-36(35)26-37(61)24-33)54-48(62)46(32(4)5)57(9)49(63)34-17-21-58(22-18-34)69(66,67)44-29-56(44)8/h11,13,15-16,19,23-24,26-27,31-32,34,41-42,44,46,55,61H,10,12,14,17-18,20-22,25,28-30H2,1-9H3,(H,54,62)/t41-,42-,44-,46-,56?/m0/s1. The van der Waals surface area contributed by atoms with Crippen molar-refractivity contribution in [1.82, 2.24) is 39.4 Å². The molecule has 3 fully saturated rings. The second kappa shape index (κ2) is 19.8. The number of hydrogen-bond donors (Lipinski definition) is 3. The summed E-state index contributed by atoms with van der Waals surface area (Å²) in [5, 5.41) is 16.3. The number of ether oxygens (including phenoxy) is 1. The molecule has 0 radical (unpaired) electrons. The molecule has 3 amide bonds. The van der Waals surface area contributed by atoms with Gasteiger partial charge in [0.25, 0.3) is 5.91 Å². The molecule has 0 saturated carbocycles. The maximum absolute atomic E-state index is 14.8. The number of likely N-dealkylation sites (N-methyl/N-ethyl adjacent to an activating group) is 2. The Morgan fingerprint density at radius 1 is 1.01 bits per heavy atom. The highest BCUT2D eigenvalue weighted by molar-refractivity contribution is 7.90. The van der Waals surface area contributed by atoms with E-state index in [0.29, 0.717) is 50.8 Å². The molecule has 1 unspecified atom stereocenters. The molecule has 2 aromatic carbocycles. The van der Waals surface area contributed by atoms with Crippen molar-refractivity contribution < 1.29 is 37.4 Å². The third-order valence-electron chi connectivity index (χ3n) is 14.5. The van der Waals surface area contributed by atoms with Gasteiger partial charge in [-0.2, -0.15) is 0 Å². The van der Waals surface area contributed by atoms with Gasteiger partial charge < -0.3 is 24.6 Å². The number of amides is 3. The molecule has 372 valence electrons. The Morgan fingerprint density at radius 2 is 1.74 bits per heavy atom. The van der Waals surface area contributed by atoms with Gasteiger partial charge in [-0.15, -0.1) is 0 Å². The molecule has 3 N–H and O–H groups in total. The van der Waals surface area contributed by atoms with Crippen molar-refractivity contribution in [2.45, 2.75) is 123 Å². The minimum absolute atomic E-state index is 0.00747. The fraction of sp³-hybridized carbons (Fsp3) is 0.558. The van der Waals surface area contributed by atoms with Gasteiger partial charge in [0, 0.05) is 80.2 Å². The van der Waals surface area contributed by atoms with Gasteiger partial charge in [0.1, 0.15) is 29.2 Å². The van der Waals surface area contributed by atoms with Gasteiger partial charge in [-0.05, 0) is 117 Å². The zero-order valence-corrected chi connectivity index (χ0v) is 42.4. The largest absolute Gasteiger partial charge is 0.508 e. The number of sulfonamides is 1.